The van der Waals surface area contributed by atoms with Gasteiger partial charge < -0.3 is 15.0 Å². The third-order valence-electron chi connectivity index (χ3n) is 3.40. The number of fused-ring (bicyclic) bond motifs is 1. The number of likely N-dealkylation sites (tertiary alicyclic amines) is 1. The van der Waals surface area contributed by atoms with Crippen molar-refractivity contribution in [1.82, 2.24) is 20.2 Å². The number of carbonyl (C=O) groups is 1. The fourth-order valence-electron chi connectivity index (χ4n) is 2.50. The van der Waals surface area contributed by atoms with Gasteiger partial charge in [0.2, 0.25) is 5.91 Å². The number of hydrogen-bond donors (Lipinski definition) is 3. The number of hydrogen-bond acceptors (Lipinski definition) is 4. The number of H-pyrrole nitrogens is 1. The first-order valence-electron chi connectivity index (χ1n) is 5.81. The average Bonchev–Trinajstić information content (AvgIpc) is 2.71. The van der Waals surface area contributed by atoms with E-state index in [9.17, 15) is 9.90 Å². The van der Waals surface area contributed by atoms with E-state index in [1.165, 1.54) is 0 Å². The lowest BCUT2D eigenvalue weighted by molar-refractivity contribution is -0.154. The standard InChI is InChI=1S/C11H16N4O2/c1-11(17)4-15(5-11)10(16)8-2-7-9(3-12-8)14-6-13-7/h6,8,12,17H,2-5H2,1H3,(H,13,14). The Morgan fingerprint density at radius 3 is 3.12 bits per heavy atom. The van der Waals surface area contributed by atoms with Crippen LogP contribution < -0.4 is 5.32 Å². The van der Waals surface area contributed by atoms with Crippen molar-refractivity contribution in [3.05, 3.63) is 17.7 Å². The number of nitrogens with one attached hydrogen (secondary N) is 2. The van der Waals surface area contributed by atoms with Crippen LogP contribution >= 0.6 is 0 Å². The Morgan fingerprint density at radius 1 is 1.65 bits per heavy atom. The lowest BCUT2D eigenvalue weighted by Crippen LogP contribution is -2.65. The van der Waals surface area contributed by atoms with E-state index >= 15 is 0 Å². The van der Waals surface area contributed by atoms with Gasteiger partial charge in [-0.25, -0.2) is 4.98 Å². The first-order chi connectivity index (χ1) is 8.05. The first-order valence-corrected chi connectivity index (χ1v) is 5.81. The molecule has 6 heteroatoms. The highest BCUT2D eigenvalue weighted by molar-refractivity contribution is 5.83. The third-order valence-corrected chi connectivity index (χ3v) is 3.40. The van der Waals surface area contributed by atoms with Crippen LogP contribution in [-0.4, -0.2) is 50.6 Å². The van der Waals surface area contributed by atoms with Crippen LogP contribution in [0.2, 0.25) is 0 Å². The van der Waals surface area contributed by atoms with Gasteiger partial charge in [0.15, 0.2) is 0 Å². The van der Waals surface area contributed by atoms with Crippen LogP contribution in [0.1, 0.15) is 18.3 Å². The van der Waals surface area contributed by atoms with E-state index in [0.29, 0.717) is 26.1 Å². The summed E-state index contributed by atoms with van der Waals surface area (Å²) in [6.07, 6.45) is 2.28. The van der Waals surface area contributed by atoms with Gasteiger partial charge in [-0.05, 0) is 6.92 Å². The SMILES string of the molecule is CC1(O)CN(C(=O)C2Cc3nc[nH]c3CN2)C1. The molecule has 0 saturated carbocycles. The van der Waals surface area contributed by atoms with Gasteiger partial charge in [-0.15, -0.1) is 0 Å². The summed E-state index contributed by atoms with van der Waals surface area (Å²) in [5.74, 6) is 0.0603. The van der Waals surface area contributed by atoms with Gasteiger partial charge in [-0.3, -0.25) is 10.1 Å². The molecule has 92 valence electrons. The van der Waals surface area contributed by atoms with E-state index in [1.54, 1.807) is 18.2 Å². The molecule has 3 rings (SSSR count). The molecule has 2 aliphatic rings. The molecule has 1 fully saturated rings. The summed E-state index contributed by atoms with van der Waals surface area (Å²) in [4.78, 5) is 21.1. The molecule has 17 heavy (non-hydrogen) atoms. The van der Waals surface area contributed by atoms with Crippen LogP contribution in [0.3, 0.4) is 0 Å². The van der Waals surface area contributed by atoms with E-state index in [1.807, 2.05) is 0 Å². The first kappa shape index (κ1) is 10.7. The monoisotopic (exact) mass is 236 g/mol. The number of aliphatic hydroxyl groups is 1. The van der Waals surface area contributed by atoms with E-state index in [0.717, 1.165) is 11.4 Å². The Hall–Kier alpha value is -1.40. The quantitative estimate of drug-likeness (QED) is 0.585. The van der Waals surface area contributed by atoms with Crippen molar-refractivity contribution in [2.45, 2.75) is 31.5 Å². The van der Waals surface area contributed by atoms with Gasteiger partial charge >= 0.3 is 0 Å². The van der Waals surface area contributed by atoms with Crippen molar-refractivity contribution in [3.63, 3.8) is 0 Å². The third kappa shape index (κ3) is 1.83. The fourth-order valence-corrected chi connectivity index (χ4v) is 2.50. The summed E-state index contributed by atoms with van der Waals surface area (Å²) in [6.45, 7) is 3.25. The second-order valence-corrected chi connectivity index (χ2v) is 5.16. The molecule has 1 saturated heterocycles. The lowest BCUT2D eigenvalue weighted by Gasteiger charge is -2.45. The van der Waals surface area contributed by atoms with E-state index in [2.05, 4.69) is 15.3 Å². The molecule has 0 radical (unpaired) electrons. The van der Waals surface area contributed by atoms with Crippen LogP contribution in [0, 0.1) is 0 Å². The molecule has 1 unspecified atom stereocenters. The van der Waals surface area contributed by atoms with Crippen LogP contribution in [0.4, 0.5) is 0 Å². The second-order valence-electron chi connectivity index (χ2n) is 5.16. The van der Waals surface area contributed by atoms with Gasteiger partial charge in [0.05, 0.1) is 42.4 Å². The van der Waals surface area contributed by atoms with Crippen molar-refractivity contribution in [1.29, 1.82) is 0 Å². The maximum absolute atomic E-state index is 12.1. The lowest BCUT2D eigenvalue weighted by atomic mass is 9.94. The summed E-state index contributed by atoms with van der Waals surface area (Å²) < 4.78 is 0. The zero-order valence-electron chi connectivity index (χ0n) is 9.73. The summed E-state index contributed by atoms with van der Waals surface area (Å²) in [6, 6.07) is -0.207. The second kappa shape index (κ2) is 3.54. The summed E-state index contributed by atoms with van der Waals surface area (Å²) in [5.41, 5.74) is 1.32. The molecule has 0 spiro atoms. The number of aromatic nitrogens is 2. The molecule has 0 aromatic carbocycles. The number of rotatable bonds is 1. The Balaban J connectivity index is 1.65. The van der Waals surface area contributed by atoms with Gasteiger partial charge in [0.25, 0.3) is 0 Å². The number of β-amino-alcohol motifs (C(OH)–C–C–N with tert-alkyl or cyclic N) is 1. The van der Waals surface area contributed by atoms with Crippen LogP contribution in [0.15, 0.2) is 6.33 Å². The van der Waals surface area contributed by atoms with Crippen LogP contribution in [-0.2, 0) is 17.8 Å². The fraction of sp³-hybridized carbons (Fsp3) is 0.636. The molecule has 2 aliphatic heterocycles. The maximum atomic E-state index is 12.1. The van der Waals surface area contributed by atoms with Crippen LogP contribution in [0.25, 0.3) is 0 Å². The summed E-state index contributed by atoms with van der Waals surface area (Å²) in [7, 11) is 0. The van der Waals surface area contributed by atoms with Gasteiger partial charge in [0.1, 0.15) is 0 Å². The molecule has 1 aromatic heterocycles. The highest BCUT2D eigenvalue weighted by Gasteiger charge is 2.42. The van der Waals surface area contributed by atoms with Gasteiger partial charge in [-0.2, -0.15) is 0 Å². The Morgan fingerprint density at radius 2 is 2.41 bits per heavy atom. The molecule has 3 heterocycles. The predicted octanol–water partition coefficient (Wildman–Crippen LogP) is -0.983. The van der Waals surface area contributed by atoms with Gasteiger partial charge in [-0.1, -0.05) is 0 Å². The molecular weight excluding hydrogens is 220 g/mol. The zero-order valence-corrected chi connectivity index (χ0v) is 9.73. The molecule has 0 bridgehead atoms. The Labute approximate surface area is 99.0 Å². The van der Waals surface area contributed by atoms with Crippen molar-refractivity contribution < 1.29 is 9.90 Å². The Kier molecular flexibility index (Phi) is 2.24. The minimum atomic E-state index is -0.707. The summed E-state index contributed by atoms with van der Waals surface area (Å²) >= 11 is 0. The minimum absolute atomic E-state index is 0.0603. The topological polar surface area (TPSA) is 81.2 Å². The number of nitrogens with zero attached hydrogens (tertiary/aromatic N) is 2. The van der Waals surface area contributed by atoms with E-state index in [-0.39, 0.29) is 11.9 Å². The number of amides is 1. The number of aromatic amines is 1. The van der Waals surface area contributed by atoms with Crippen molar-refractivity contribution in [3.8, 4) is 0 Å². The molecule has 3 N–H and O–H groups in total. The molecule has 6 nitrogen and oxygen atoms in total. The largest absolute Gasteiger partial charge is 0.386 e. The molecule has 1 aromatic rings. The smallest absolute Gasteiger partial charge is 0.240 e. The van der Waals surface area contributed by atoms with Crippen molar-refractivity contribution in [2.24, 2.45) is 0 Å². The maximum Gasteiger partial charge on any atom is 0.240 e. The van der Waals surface area contributed by atoms with E-state index < -0.39 is 5.60 Å². The molecule has 0 aliphatic carbocycles. The molecular formula is C11H16N4O2. The van der Waals surface area contributed by atoms with E-state index in [4.69, 9.17) is 0 Å². The van der Waals surface area contributed by atoms with Crippen molar-refractivity contribution in [2.75, 3.05) is 13.1 Å². The van der Waals surface area contributed by atoms with Crippen molar-refractivity contribution >= 4 is 5.91 Å². The van der Waals surface area contributed by atoms with Gasteiger partial charge in [0, 0.05) is 13.0 Å². The normalized spacial score (nSPS) is 26.2. The minimum Gasteiger partial charge on any atom is -0.386 e. The number of imidazole rings is 1. The molecule has 1 amide bonds. The molecule has 1 atom stereocenters. The summed E-state index contributed by atoms with van der Waals surface area (Å²) in [5, 5.41) is 12.8. The number of carbonyl (C=O) groups excluding carboxylic acids is 1. The van der Waals surface area contributed by atoms with Crippen LogP contribution in [0.5, 0.6) is 0 Å². The predicted molar refractivity (Wildman–Crippen MR) is 60.1 cm³/mol. The highest BCUT2D eigenvalue weighted by atomic mass is 16.3. The zero-order chi connectivity index (χ0) is 12.0. The Bertz CT molecular complexity index is 446. The highest BCUT2D eigenvalue weighted by Crippen LogP contribution is 2.22. The average molecular weight is 236 g/mol.